The number of nitrogens with one attached hydrogen (secondary N) is 1. The van der Waals surface area contributed by atoms with Crippen molar-refractivity contribution in [1.29, 1.82) is 0 Å². The largest absolute Gasteiger partial charge is 0.478 e. The van der Waals surface area contributed by atoms with Gasteiger partial charge in [0.05, 0.1) is 7.11 Å². The zero-order valence-electron chi connectivity index (χ0n) is 9.90. The van der Waals surface area contributed by atoms with Gasteiger partial charge in [-0.15, -0.1) is 0 Å². The summed E-state index contributed by atoms with van der Waals surface area (Å²) in [6.07, 6.45) is 3.16. The van der Waals surface area contributed by atoms with Crippen molar-refractivity contribution in [2.45, 2.75) is 26.3 Å². The number of carboxylic acid groups (broad SMARTS) is 1. The fourth-order valence-corrected chi connectivity index (χ4v) is 1.25. The summed E-state index contributed by atoms with van der Waals surface area (Å²) in [7, 11) is 1.34. The lowest BCUT2D eigenvalue weighted by atomic mass is 10.0. The topological polar surface area (TPSA) is 75.6 Å². The average molecular weight is 229 g/mol. The Bertz CT molecular complexity index is 261. The van der Waals surface area contributed by atoms with Gasteiger partial charge in [0, 0.05) is 12.6 Å². The Hall–Kier alpha value is -1.36. The van der Waals surface area contributed by atoms with E-state index < -0.39 is 5.97 Å². The average Bonchev–Trinajstić information content (AvgIpc) is 2.20. The van der Waals surface area contributed by atoms with Crippen molar-refractivity contribution in [1.82, 2.24) is 5.32 Å². The molecule has 0 heterocycles. The minimum absolute atomic E-state index is 0.322. The molecule has 0 fully saturated rings. The van der Waals surface area contributed by atoms with Crippen LogP contribution in [0.3, 0.4) is 0 Å². The SMILES string of the molecule is COC(=O)C(CC(C)C)NC/C=C/C(=O)O. The van der Waals surface area contributed by atoms with Gasteiger partial charge in [-0.3, -0.25) is 4.79 Å². The number of carboxylic acids is 1. The van der Waals surface area contributed by atoms with Gasteiger partial charge in [0.25, 0.3) is 0 Å². The fraction of sp³-hybridized carbons (Fsp3) is 0.636. The predicted molar refractivity (Wildman–Crippen MR) is 60.0 cm³/mol. The number of carbonyl (C=O) groups excluding carboxylic acids is 1. The van der Waals surface area contributed by atoms with Gasteiger partial charge in [-0.1, -0.05) is 19.9 Å². The maximum absolute atomic E-state index is 11.4. The van der Waals surface area contributed by atoms with Gasteiger partial charge in [0.15, 0.2) is 0 Å². The van der Waals surface area contributed by atoms with E-state index in [2.05, 4.69) is 10.1 Å². The van der Waals surface area contributed by atoms with Crippen molar-refractivity contribution in [2.24, 2.45) is 5.92 Å². The van der Waals surface area contributed by atoms with Gasteiger partial charge in [0.1, 0.15) is 6.04 Å². The van der Waals surface area contributed by atoms with Crippen molar-refractivity contribution < 1.29 is 19.4 Å². The molecule has 0 aliphatic heterocycles. The van der Waals surface area contributed by atoms with Crippen molar-refractivity contribution in [3.63, 3.8) is 0 Å². The van der Waals surface area contributed by atoms with E-state index in [9.17, 15) is 9.59 Å². The van der Waals surface area contributed by atoms with Gasteiger partial charge in [-0.25, -0.2) is 4.79 Å². The van der Waals surface area contributed by atoms with E-state index in [-0.39, 0.29) is 12.0 Å². The molecule has 1 atom stereocenters. The van der Waals surface area contributed by atoms with E-state index in [1.165, 1.54) is 13.2 Å². The van der Waals surface area contributed by atoms with Crippen LogP contribution in [0.25, 0.3) is 0 Å². The lowest BCUT2D eigenvalue weighted by Crippen LogP contribution is -2.38. The predicted octanol–water partition coefficient (Wildman–Crippen LogP) is 0.804. The highest BCUT2D eigenvalue weighted by molar-refractivity contribution is 5.79. The highest BCUT2D eigenvalue weighted by Crippen LogP contribution is 2.05. The Morgan fingerprint density at radius 3 is 2.50 bits per heavy atom. The number of methoxy groups -OCH3 is 1. The van der Waals surface area contributed by atoms with E-state index in [0.29, 0.717) is 18.9 Å². The molecule has 0 aromatic heterocycles. The Morgan fingerprint density at radius 2 is 2.06 bits per heavy atom. The normalized spacial score (nSPS) is 13.0. The lowest BCUT2D eigenvalue weighted by molar-refractivity contribution is -0.143. The number of hydrogen-bond donors (Lipinski definition) is 2. The molecular weight excluding hydrogens is 210 g/mol. The molecule has 0 amide bonds. The first-order valence-corrected chi connectivity index (χ1v) is 5.18. The molecule has 5 nitrogen and oxygen atoms in total. The second-order valence-electron chi connectivity index (χ2n) is 3.85. The fourth-order valence-electron chi connectivity index (χ4n) is 1.25. The van der Waals surface area contributed by atoms with E-state index in [1.807, 2.05) is 13.8 Å². The van der Waals surface area contributed by atoms with Crippen LogP contribution in [0, 0.1) is 5.92 Å². The third kappa shape index (κ3) is 7.00. The van der Waals surface area contributed by atoms with Crippen molar-refractivity contribution in [2.75, 3.05) is 13.7 Å². The molecule has 0 rings (SSSR count). The molecule has 16 heavy (non-hydrogen) atoms. The van der Waals surface area contributed by atoms with Crippen LogP contribution < -0.4 is 5.32 Å². The molecule has 92 valence electrons. The molecule has 5 heteroatoms. The van der Waals surface area contributed by atoms with Crippen LogP contribution >= 0.6 is 0 Å². The maximum Gasteiger partial charge on any atom is 0.328 e. The molecule has 0 radical (unpaired) electrons. The summed E-state index contributed by atoms with van der Waals surface area (Å²) in [6, 6.07) is -0.386. The quantitative estimate of drug-likeness (QED) is 0.499. The number of esters is 1. The molecule has 0 aliphatic carbocycles. The number of rotatable bonds is 7. The molecule has 0 bridgehead atoms. The maximum atomic E-state index is 11.4. The molecule has 0 aliphatic rings. The zero-order chi connectivity index (χ0) is 12.6. The van der Waals surface area contributed by atoms with Crippen molar-refractivity contribution in [3.05, 3.63) is 12.2 Å². The van der Waals surface area contributed by atoms with Crippen LogP contribution in [0.5, 0.6) is 0 Å². The highest BCUT2D eigenvalue weighted by Gasteiger charge is 2.18. The van der Waals surface area contributed by atoms with Crippen LogP contribution in [0.1, 0.15) is 20.3 Å². The van der Waals surface area contributed by atoms with Crippen LogP contribution in [0.15, 0.2) is 12.2 Å². The lowest BCUT2D eigenvalue weighted by Gasteiger charge is -2.17. The molecule has 0 saturated heterocycles. The Morgan fingerprint density at radius 1 is 1.44 bits per heavy atom. The molecule has 1 unspecified atom stereocenters. The van der Waals surface area contributed by atoms with Crippen LogP contribution in [-0.4, -0.2) is 36.7 Å². The third-order valence-corrected chi connectivity index (χ3v) is 1.94. The number of carbonyl (C=O) groups is 2. The molecule has 0 saturated carbocycles. The van der Waals surface area contributed by atoms with Crippen LogP contribution in [0.2, 0.25) is 0 Å². The highest BCUT2D eigenvalue weighted by atomic mass is 16.5. The first kappa shape index (κ1) is 14.6. The van der Waals surface area contributed by atoms with E-state index in [0.717, 1.165) is 6.08 Å². The second kappa shape index (κ2) is 7.87. The van der Waals surface area contributed by atoms with E-state index in [4.69, 9.17) is 5.11 Å². The Kier molecular flexibility index (Phi) is 7.20. The summed E-state index contributed by atoms with van der Waals surface area (Å²) in [5.41, 5.74) is 0. The number of ether oxygens (including phenoxy) is 1. The summed E-state index contributed by atoms with van der Waals surface area (Å²) >= 11 is 0. The number of hydrogen-bond acceptors (Lipinski definition) is 4. The smallest absolute Gasteiger partial charge is 0.328 e. The monoisotopic (exact) mass is 229 g/mol. The summed E-state index contributed by atoms with van der Waals surface area (Å²) in [5.74, 6) is -0.960. The molecular formula is C11H19NO4. The first-order valence-electron chi connectivity index (χ1n) is 5.18. The summed E-state index contributed by atoms with van der Waals surface area (Å²) < 4.78 is 4.65. The Labute approximate surface area is 95.5 Å². The van der Waals surface area contributed by atoms with Gasteiger partial charge >= 0.3 is 11.9 Å². The molecule has 2 N–H and O–H groups in total. The minimum Gasteiger partial charge on any atom is -0.478 e. The molecule has 0 aromatic carbocycles. The first-order chi connectivity index (χ1) is 7.47. The van der Waals surface area contributed by atoms with E-state index >= 15 is 0 Å². The van der Waals surface area contributed by atoms with Crippen molar-refractivity contribution in [3.8, 4) is 0 Å². The number of aliphatic carboxylic acids is 1. The molecule has 0 aromatic rings. The third-order valence-electron chi connectivity index (χ3n) is 1.94. The summed E-state index contributed by atoms with van der Waals surface area (Å²) in [5, 5.41) is 11.3. The van der Waals surface area contributed by atoms with Gasteiger partial charge in [-0.05, 0) is 12.3 Å². The van der Waals surface area contributed by atoms with Crippen molar-refractivity contribution >= 4 is 11.9 Å². The van der Waals surface area contributed by atoms with Crippen LogP contribution in [0.4, 0.5) is 0 Å². The van der Waals surface area contributed by atoms with Gasteiger partial charge in [0.2, 0.25) is 0 Å². The van der Waals surface area contributed by atoms with E-state index in [1.54, 1.807) is 0 Å². The second-order valence-corrected chi connectivity index (χ2v) is 3.85. The Balaban J connectivity index is 4.11. The summed E-state index contributed by atoms with van der Waals surface area (Å²) in [4.78, 5) is 21.6. The summed E-state index contributed by atoms with van der Waals surface area (Å²) in [6.45, 7) is 4.34. The van der Waals surface area contributed by atoms with Gasteiger partial charge < -0.3 is 15.2 Å². The standard InChI is InChI=1S/C11H19NO4/c1-8(2)7-9(11(15)16-3)12-6-4-5-10(13)14/h4-5,8-9,12H,6-7H2,1-3H3,(H,13,14)/b5-4+. The van der Waals surface area contributed by atoms with Crippen LogP contribution in [-0.2, 0) is 14.3 Å². The zero-order valence-corrected chi connectivity index (χ0v) is 9.90. The van der Waals surface area contributed by atoms with Gasteiger partial charge in [-0.2, -0.15) is 0 Å². The molecule has 0 spiro atoms. The minimum atomic E-state index is -1.000.